The number of carboxylic acid groups (broad SMARTS) is 1. The number of benzene rings is 1. The Morgan fingerprint density at radius 1 is 1.12 bits per heavy atom. The lowest BCUT2D eigenvalue weighted by Gasteiger charge is -2.36. The van der Waals surface area contributed by atoms with Gasteiger partial charge in [-0.25, -0.2) is 9.37 Å². The van der Waals surface area contributed by atoms with Crippen LogP contribution in [-0.2, 0) is 9.59 Å². The van der Waals surface area contributed by atoms with Crippen LogP contribution in [-0.4, -0.2) is 74.7 Å². The van der Waals surface area contributed by atoms with Gasteiger partial charge in [-0.2, -0.15) is 0 Å². The molecule has 0 spiro atoms. The molecule has 0 bridgehead atoms. The topological polar surface area (TPSA) is 121 Å². The number of nitrogens with zero attached hydrogens (tertiary/aromatic N) is 2. The van der Waals surface area contributed by atoms with Gasteiger partial charge in [-0.15, -0.1) is 0 Å². The molecule has 32 heavy (non-hydrogen) atoms. The highest BCUT2D eigenvalue weighted by Gasteiger charge is 2.48. The Morgan fingerprint density at radius 3 is 2.31 bits per heavy atom. The molecule has 1 aromatic carbocycles. The van der Waals surface area contributed by atoms with E-state index in [1.54, 1.807) is 29.7 Å². The molecule has 0 heterocycles. The van der Waals surface area contributed by atoms with Crippen LogP contribution in [0.15, 0.2) is 53.3 Å². The number of anilines is 1. The molecular weight excluding hydrogens is 412 g/mol. The van der Waals surface area contributed by atoms with Gasteiger partial charge < -0.3 is 25.3 Å². The average Bonchev–Trinajstić information content (AvgIpc) is 2.76. The molecule has 3 rings (SSSR count). The molecule has 8 nitrogen and oxygen atoms in total. The summed E-state index contributed by atoms with van der Waals surface area (Å²) < 4.78 is 1.56. The zero-order valence-corrected chi connectivity index (χ0v) is 18.4. The van der Waals surface area contributed by atoms with E-state index in [1.165, 1.54) is 12.2 Å². The zero-order valence-electron chi connectivity index (χ0n) is 18.4. The first kappa shape index (κ1) is 23.3. The predicted molar refractivity (Wildman–Crippen MR) is 121 cm³/mol. The SMILES string of the molecule is CCN(CC)c1ccc(C2C(=O)C(=C3C=CC(=[N+](CC)CC(=O)O)C=C3O)C2O)c(O)c1. The largest absolute Gasteiger partial charge is 0.508 e. The summed E-state index contributed by atoms with van der Waals surface area (Å²) in [6.07, 6.45) is 3.33. The fourth-order valence-corrected chi connectivity index (χ4v) is 4.20. The highest BCUT2D eigenvalue weighted by Crippen LogP contribution is 2.45. The Bertz CT molecular complexity index is 1060. The van der Waals surface area contributed by atoms with Gasteiger partial charge in [0.25, 0.3) is 0 Å². The molecule has 1 fully saturated rings. The minimum absolute atomic E-state index is 0.0577. The van der Waals surface area contributed by atoms with Crippen LogP contribution in [0.4, 0.5) is 5.69 Å². The van der Waals surface area contributed by atoms with Gasteiger partial charge in [0.1, 0.15) is 18.1 Å². The lowest BCUT2D eigenvalue weighted by atomic mass is 9.69. The van der Waals surface area contributed by atoms with E-state index in [9.17, 15) is 24.9 Å². The third kappa shape index (κ3) is 4.18. The number of ketones is 1. The van der Waals surface area contributed by atoms with Gasteiger partial charge in [-0.05, 0) is 32.9 Å². The lowest BCUT2D eigenvalue weighted by molar-refractivity contribution is -0.513. The molecule has 2 aliphatic carbocycles. The first-order chi connectivity index (χ1) is 15.2. The maximum atomic E-state index is 12.9. The van der Waals surface area contributed by atoms with Crippen molar-refractivity contribution in [2.45, 2.75) is 32.8 Å². The molecule has 2 aliphatic rings. The maximum absolute atomic E-state index is 12.9. The normalized spacial score (nSPS) is 24.1. The zero-order chi connectivity index (χ0) is 23.6. The van der Waals surface area contributed by atoms with Crippen molar-refractivity contribution < 1.29 is 34.6 Å². The summed E-state index contributed by atoms with van der Waals surface area (Å²) in [7, 11) is 0. The molecule has 1 aromatic rings. The van der Waals surface area contributed by atoms with Crippen LogP contribution in [0.1, 0.15) is 32.3 Å². The summed E-state index contributed by atoms with van der Waals surface area (Å²) in [5.74, 6) is -2.55. The van der Waals surface area contributed by atoms with Crippen molar-refractivity contribution in [1.29, 1.82) is 0 Å². The predicted octanol–water partition coefficient (Wildman–Crippen LogP) is 2.13. The van der Waals surface area contributed by atoms with E-state index in [1.807, 2.05) is 19.9 Å². The van der Waals surface area contributed by atoms with Gasteiger partial charge in [0, 0.05) is 47.6 Å². The van der Waals surface area contributed by atoms with Crippen molar-refractivity contribution >= 4 is 23.2 Å². The summed E-state index contributed by atoms with van der Waals surface area (Å²) >= 11 is 0. The fraction of sp³-hybridized carbons (Fsp3) is 0.375. The third-order valence-electron chi connectivity index (χ3n) is 5.98. The highest BCUT2D eigenvalue weighted by atomic mass is 16.4. The van der Waals surface area contributed by atoms with E-state index in [4.69, 9.17) is 5.11 Å². The molecule has 8 heteroatoms. The molecule has 4 N–H and O–H groups in total. The molecule has 1 saturated carbocycles. The number of aromatic hydroxyl groups is 1. The van der Waals surface area contributed by atoms with Crippen LogP contribution >= 0.6 is 0 Å². The first-order valence-electron chi connectivity index (χ1n) is 10.7. The van der Waals surface area contributed by atoms with Crippen LogP contribution in [0.2, 0.25) is 0 Å². The summed E-state index contributed by atoms with van der Waals surface area (Å²) in [6.45, 7) is 7.56. The van der Waals surface area contributed by atoms with E-state index in [0.29, 0.717) is 17.8 Å². The maximum Gasteiger partial charge on any atom is 0.369 e. The number of carbonyl (C=O) groups excluding carboxylic acids is 1. The Morgan fingerprint density at radius 2 is 1.81 bits per heavy atom. The summed E-state index contributed by atoms with van der Waals surface area (Å²) in [5.41, 5.74) is 1.95. The number of aliphatic carboxylic acids is 1. The molecule has 2 unspecified atom stereocenters. The van der Waals surface area contributed by atoms with Crippen molar-refractivity contribution in [2.75, 3.05) is 31.1 Å². The first-order valence-corrected chi connectivity index (χ1v) is 10.7. The van der Waals surface area contributed by atoms with Crippen LogP contribution < -0.4 is 4.90 Å². The van der Waals surface area contributed by atoms with E-state index in [2.05, 4.69) is 4.90 Å². The summed E-state index contributed by atoms with van der Waals surface area (Å²) in [5, 5.41) is 40.8. The minimum Gasteiger partial charge on any atom is -0.508 e. The van der Waals surface area contributed by atoms with E-state index in [-0.39, 0.29) is 35.0 Å². The molecule has 0 saturated heterocycles. The van der Waals surface area contributed by atoms with Gasteiger partial charge >= 0.3 is 5.97 Å². The van der Waals surface area contributed by atoms with Crippen LogP contribution in [0.5, 0.6) is 5.75 Å². The number of aliphatic hydroxyl groups excluding tert-OH is 2. The summed E-state index contributed by atoms with van der Waals surface area (Å²) in [4.78, 5) is 26.0. The van der Waals surface area contributed by atoms with Crippen molar-refractivity contribution in [3.05, 3.63) is 58.9 Å². The number of carboxylic acids is 1. The number of aliphatic hydroxyl groups is 2. The van der Waals surface area contributed by atoms with Crippen molar-refractivity contribution in [1.82, 2.24) is 0 Å². The van der Waals surface area contributed by atoms with E-state index in [0.717, 1.165) is 18.8 Å². The van der Waals surface area contributed by atoms with E-state index >= 15 is 0 Å². The number of hydrogen-bond acceptors (Lipinski definition) is 6. The van der Waals surface area contributed by atoms with Crippen LogP contribution in [0.25, 0.3) is 0 Å². The molecule has 0 aliphatic heterocycles. The Kier molecular flexibility index (Phi) is 6.84. The van der Waals surface area contributed by atoms with Gasteiger partial charge in [0.05, 0.1) is 18.1 Å². The van der Waals surface area contributed by atoms with Gasteiger partial charge in [0.2, 0.25) is 12.3 Å². The van der Waals surface area contributed by atoms with Crippen molar-refractivity contribution in [2.24, 2.45) is 0 Å². The Labute approximate surface area is 186 Å². The third-order valence-corrected chi connectivity index (χ3v) is 5.98. The van der Waals surface area contributed by atoms with Crippen LogP contribution in [0.3, 0.4) is 0 Å². The van der Waals surface area contributed by atoms with Crippen molar-refractivity contribution in [3.8, 4) is 5.75 Å². The monoisotopic (exact) mass is 441 g/mol. The second-order valence-corrected chi connectivity index (χ2v) is 7.73. The number of allylic oxidation sites excluding steroid dienone is 3. The van der Waals surface area contributed by atoms with Crippen LogP contribution in [0, 0.1) is 0 Å². The molecular formula is C24H29N2O6+. The number of carbonyl (C=O) groups is 2. The standard InChI is InChI=1S/C24H28N2O6/c1-4-25(5-2)14-7-9-16(18(27)11-14)21-23(31)22(24(21)32)17-10-8-15(12-19(17)28)26(6-3)13-20(29)30/h7-12,21,23,31H,4-6,13H2,1-3H3,(H2,27,29,30)/p+1. The molecule has 0 aromatic heterocycles. The number of likely N-dealkylation sites (N-methyl/N-ethyl adjacent to an activating group) is 1. The van der Waals surface area contributed by atoms with Gasteiger partial charge in [-0.3, -0.25) is 4.79 Å². The molecule has 0 radical (unpaired) electrons. The van der Waals surface area contributed by atoms with E-state index < -0.39 is 18.0 Å². The number of phenolic OH excluding ortho intramolecular Hbond substituents is 1. The number of hydrogen-bond donors (Lipinski definition) is 4. The van der Waals surface area contributed by atoms with Gasteiger partial charge in [-0.1, -0.05) is 6.07 Å². The summed E-state index contributed by atoms with van der Waals surface area (Å²) in [6, 6.07) is 5.06. The second-order valence-electron chi connectivity index (χ2n) is 7.73. The average molecular weight is 442 g/mol. The minimum atomic E-state index is -1.18. The number of Topliss-reactive ketones (excluding diaryl/α,β-unsaturated/α-hetero) is 1. The lowest BCUT2D eigenvalue weighted by Crippen LogP contribution is -2.44. The van der Waals surface area contributed by atoms with Crippen molar-refractivity contribution in [3.63, 3.8) is 0 Å². The second kappa shape index (κ2) is 9.40. The smallest absolute Gasteiger partial charge is 0.369 e. The molecule has 170 valence electrons. The quantitative estimate of drug-likeness (QED) is 0.378. The Balaban J connectivity index is 1.89. The fourth-order valence-electron chi connectivity index (χ4n) is 4.20. The number of rotatable bonds is 7. The number of phenols is 1. The van der Waals surface area contributed by atoms with Gasteiger partial charge in [0.15, 0.2) is 5.78 Å². The molecule has 0 amide bonds. The molecule has 2 atom stereocenters. The highest BCUT2D eigenvalue weighted by molar-refractivity contribution is 6.12. The Hall–Kier alpha value is -3.39.